The van der Waals surface area contributed by atoms with Crippen LogP contribution in [0.3, 0.4) is 0 Å². The van der Waals surface area contributed by atoms with Crippen molar-refractivity contribution in [3.63, 3.8) is 0 Å². The fourth-order valence-corrected chi connectivity index (χ4v) is 3.48. The lowest BCUT2D eigenvalue weighted by Gasteiger charge is -2.37. The molecule has 1 aromatic carbocycles. The highest BCUT2D eigenvalue weighted by molar-refractivity contribution is 5.81. The van der Waals surface area contributed by atoms with Gasteiger partial charge in [-0.15, -0.1) is 0 Å². The van der Waals surface area contributed by atoms with Gasteiger partial charge in [-0.1, -0.05) is 24.3 Å². The third-order valence-electron chi connectivity index (χ3n) is 5.52. The summed E-state index contributed by atoms with van der Waals surface area (Å²) in [7, 11) is 0. The van der Waals surface area contributed by atoms with E-state index in [1.807, 2.05) is 43.9 Å². The van der Waals surface area contributed by atoms with Gasteiger partial charge in [0, 0.05) is 45.8 Å². The molecule has 1 aromatic rings. The van der Waals surface area contributed by atoms with E-state index in [2.05, 4.69) is 28.1 Å². The van der Waals surface area contributed by atoms with E-state index in [-0.39, 0.29) is 17.9 Å². The quantitative estimate of drug-likeness (QED) is 0.749. The van der Waals surface area contributed by atoms with E-state index in [1.165, 1.54) is 5.56 Å². The lowest BCUT2D eigenvalue weighted by Crippen LogP contribution is -2.55. The number of hydrogen-bond donors (Lipinski definition) is 1. The number of hydrogen-bond acceptors (Lipinski definition) is 4. The summed E-state index contributed by atoms with van der Waals surface area (Å²) in [5, 5.41) is 3.06. The van der Waals surface area contributed by atoms with Crippen LogP contribution in [0.2, 0.25) is 0 Å². The number of amides is 2. The van der Waals surface area contributed by atoms with Crippen LogP contribution in [0.25, 0.3) is 0 Å². The van der Waals surface area contributed by atoms with Crippen LogP contribution in [0.5, 0.6) is 0 Å². The molecule has 27 heavy (non-hydrogen) atoms. The molecule has 1 unspecified atom stereocenters. The van der Waals surface area contributed by atoms with Crippen LogP contribution in [0.15, 0.2) is 24.3 Å². The second-order valence-corrected chi connectivity index (χ2v) is 7.20. The first-order valence-corrected chi connectivity index (χ1v) is 10.0. The summed E-state index contributed by atoms with van der Waals surface area (Å²) in [5.74, 6) is 0.253. The van der Waals surface area contributed by atoms with Gasteiger partial charge in [0.05, 0.1) is 12.6 Å². The van der Waals surface area contributed by atoms with E-state index in [1.54, 1.807) is 0 Å². The number of piperazine rings is 1. The van der Waals surface area contributed by atoms with Crippen LogP contribution in [0.1, 0.15) is 31.9 Å². The molecule has 1 saturated heterocycles. The summed E-state index contributed by atoms with van der Waals surface area (Å²) in [6, 6.07) is 7.95. The minimum absolute atomic E-state index is 0.0610. The molecule has 6 nitrogen and oxygen atoms in total. The number of nitrogens with one attached hydrogen (secondary N) is 1. The molecule has 1 atom stereocenters. The summed E-state index contributed by atoms with van der Waals surface area (Å²) in [4.78, 5) is 31.0. The third kappa shape index (κ3) is 6.04. The first kappa shape index (κ1) is 21.4. The van der Waals surface area contributed by atoms with Gasteiger partial charge in [-0.2, -0.15) is 0 Å². The third-order valence-corrected chi connectivity index (χ3v) is 5.52. The van der Waals surface area contributed by atoms with Crippen LogP contribution < -0.4 is 5.32 Å². The zero-order valence-electron chi connectivity index (χ0n) is 17.2. The number of nitrogens with zero attached hydrogens (tertiary/aromatic N) is 3. The van der Waals surface area contributed by atoms with E-state index in [0.29, 0.717) is 13.1 Å². The molecule has 1 aliphatic rings. The molecule has 150 valence electrons. The maximum Gasteiger partial charge on any atom is 0.237 e. The van der Waals surface area contributed by atoms with E-state index >= 15 is 0 Å². The molecule has 6 heteroatoms. The van der Waals surface area contributed by atoms with Crippen LogP contribution in [0.4, 0.5) is 0 Å². The lowest BCUT2D eigenvalue weighted by molar-refractivity contribution is -0.133. The normalized spacial score (nSPS) is 16.7. The number of aryl methyl sites for hydroxylation is 1. The van der Waals surface area contributed by atoms with Crippen LogP contribution in [-0.2, 0) is 16.1 Å². The predicted molar refractivity (Wildman–Crippen MR) is 108 cm³/mol. The highest BCUT2D eigenvalue weighted by Crippen LogP contribution is 2.09. The largest absolute Gasteiger partial charge is 0.351 e. The molecule has 2 amide bonds. The Balaban J connectivity index is 1.77. The van der Waals surface area contributed by atoms with Gasteiger partial charge in [-0.3, -0.25) is 19.4 Å². The van der Waals surface area contributed by atoms with E-state index in [0.717, 1.165) is 44.8 Å². The standard InChI is InChI=1S/C21H34N4O2/c1-5-24(6-2)20(26)16-23-11-13-25(14-12-23)18(4)21(27)22-15-19-10-8-7-9-17(19)3/h7-10,18H,5-6,11-16H2,1-4H3,(H,22,27). The van der Waals surface area contributed by atoms with E-state index in [4.69, 9.17) is 0 Å². The highest BCUT2D eigenvalue weighted by Gasteiger charge is 2.26. The Kier molecular flexibility index (Phi) is 8.25. The second kappa shape index (κ2) is 10.4. The Morgan fingerprint density at radius 3 is 2.33 bits per heavy atom. The molecule has 1 aliphatic heterocycles. The molecule has 1 fully saturated rings. The number of benzene rings is 1. The summed E-state index contributed by atoms with van der Waals surface area (Å²) in [6.07, 6.45) is 0. The van der Waals surface area contributed by atoms with Gasteiger partial charge in [0.1, 0.15) is 0 Å². The monoisotopic (exact) mass is 374 g/mol. The van der Waals surface area contributed by atoms with Crippen molar-refractivity contribution in [3.05, 3.63) is 35.4 Å². The number of likely N-dealkylation sites (N-methyl/N-ethyl adjacent to an activating group) is 1. The maximum atomic E-state index is 12.5. The first-order chi connectivity index (χ1) is 13.0. The van der Waals surface area contributed by atoms with Crippen molar-refractivity contribution in [2.75, 3.05) is 45.8 Å². The molecule has 0 spiro atoms. The predicted octanol–water partition coefficient (Wildman–Crippen LogP) is 1.49. The summed E-state index contributed by atoms with van der Waals surface area (Å²) >= 11 is 0. The van der Waals surface area contributed by atoms with Crippen molar-refractivity contribution >= 4 is 11.8 Å². The molecule has 0 aliphatic carbocycles. The van der Waals surface area contributed by atoms with Crippen molar-refractivity contribution in [1.29, 1.82) is 0 Å². The highest BCUT2D eigenvalue weighted by atomic mass is 16.2. The van der Waals surface area contributed by atoms with Crippen molar-refractivity contribution in [3.8, 4) is 0 Å². The summed E-state index contributed by atoms with van der Waals surface area (Å²) in [5.41, 5.74) is 2.34. The summed E-state index contributed by atoms with van der Waals surface area (Å²) in [6.45, 7) is 13.9. The Morgan fingerprint density at radius 1 is 1.11 bits per heavy atom. The molecule has 1 heterocycles. The van der Waals surface area contributed by atoms with Crippen molar-refractivity contribution in [1.82, 2.24) is 20.0 Å². The van der Waals surface area contributed by atoms with Gasteiger partial charge in [-0.25, -0.2) is 0 Å². The van der Waals surface area contributed by atoms with Crippen molar-refractivity contribution in [2.45, 2.75) is 40.3 Å². The van der Waals surface area contributed by atoms with E-state index < -0.39 is 0 Å². The topological polar surface area (TPSA) is 55.9 Å². The van der Waals surface area contributed by atoms with Gasteiger partial charge in [-0.05, 0) is 38.8 Å². The first-order valence-electron chi connectivity index (χ1n) is 10.0. The lowest BCUT2D eigenvalue weighted by atomic mass is 10.1. The zero-order valence-corrected chi connectivity index (χ0v) is 17.2. The Morgan fingerprint density at radius 2 is 1.74 bits per heavy atom. The van der Waals surface area contributed by atoms with Gasteiger partial charge >= 0.3 is 0 Å². The van der Waals surface area contributed by atoms with Crippen LogP contribution in [0, 0.1) is 6.92 Å². The van der Waals surface area contributed by atoms with Gasteiger partial charge in [0.15, 0.2) is 0 Å². The molecule has 0 bridgehead atoms. The Hall–Kier alpha value is -1.92. The number of rotatable bonds is 8. The van der Waals surface area contributed by atoms with Crippen molar-refractivity contribution in [2.24, 2.45) is 0 Å². The SMILES string of the molecule is CCN(CC)C(=O)CN1CCN(C(C)C(=O)NCc2ccccc2C)CC1. The maximum absolute atomic E-state index is 12.5. The Labute approximate surface area is 163 Å². The number of carbonyl (C=O) groups is 2. The minimum atomic E-state index is -0.158. The smallest absolute Gasteiger partial charge is 0.237 e. The number of carbonyl (C=O) groups excluding carboxylic acids is 2. The minimum Gasteiger partial charge on any atom is -0.351 e. The van der Waals surface area contributed by atoms with Crippen molar-refractivity contribution < 1.29 is 9.59 Å². The molecule has 0 saturated carbocycles. The summed E-state index contributed by atoms with van der Waals surface area (Å²) < 4.78 is 0. The van der Waals surface area contributed by atoms with E-state index in [9.17, 15) is 9.59 Å². The molecule has 1 N–H and O–H groups in total. The molecule has 0 aromatic heterocycles. The molecule has 0 radical (unpaired) electrons. The fourth-order valence-electron chi connectivity index (χ4n) is 3.48. The Bertz CT molecular complexity index is 622. The zero-order chi connectivity index (χ0) is 19.8. The van der Waals surface area contributed by atoms with Crippen LogP contribution in [-0.4, -0.2) is 78.4 Å². The van der Waals surface area contributed by atoms with Crippen LogP contribution >= 0.6 is 0 Å². The average molecular weight is 375 g/mol. The molecule has 2 rings (SSSR count). The average Bonchev–Trinajstić information content (AvgIpc) is 2.68. The molecular weight excluding hydrogens is 340 g/mol. The molecular formula is C21H34N4O2. The fraction of sp³-hybridized carbons (Fsp3) is 0.619. The second-order valence-electron chi connectivity index (χ2n) is 7.20. The van der Waals surface area contributed by atoms with Gasteiger partial charge in [0.25, 0.3) is 0 Å². The van der Waals surface area contributed by atoms with Gasteiger partial charge in [0.2, 0.25) is 11.8 Å². The van der Waals surface area contributed by atoms with Gasteiger partial charge < -0.3 is 10.2 Å².